The van der Waals surface area contributed by atoms with Crippen molar-refractivity contribution in [1.82, 2.24) is 9.88 Å². The average Bonchev–Trinajstić information content (AvgIpc) is 2.76. The molecular weight excluding hydrogens is 400 g/mol. The first-order valence-corrected chi connectivity index (χ1v) is 8.32. The van der Waals surface area contributed by atoms with Crippen molar-refractivity contribution in [1.29, 1.82) is 0 Å². The van der Waals surface area contributed by atoms with E-state index in [1.54, 1.807) is 25.1 Å². The molecule has 1 aromatic heterocycles. The van der Waals surface area contributed by atoms with Crippen LogP contribution in [0.1, 0.15) is 11.5 Å². The van der Waals surface area contributed by atoms with E-state index in [0.29, 0.717) is 20.4 Å². The number of hydrogen-bond donors (Lipinski definition) is 1. The Balaban J connectivity index is 2.20. The van der Waals surface area contributed by atoms with Crippen molar-refractivity contribution in [3.63, 3.8) is 0 Å². The van der Waals surface area contributed by atoms with Crippen molar-refractivity contribution in [2.75, 3.05) is 0 Å². The molecule has 0 radical (unpaired) electrons. The minimum absolute atomic E-state index is 0.0577. The van der Waals surface area contributed by atoms with E-state index < -0.39 is 10.0 Å². The quantitative estimate of drug-likeness (QED) is 0.842. The highest BCUT2D eigenvalue weighted by molar-refractivity contribution is 9.11. The van der Waals surface area contributed by atoms with Crippen LogP contribution in [-0.4, -0.2) is 13.6 Å². The van der Waals surface area contributed by atoms with E-state index in [-0.39, 0.29) is 11.4 Å². The Hall–Kier alpha value is -0.700. The van der Waals surface area contributed by atoms with Crippen LogP contribution in [0.3, 0.4) is 0 Å². The Morgan fingerprint density at radius 2 is 2.05 bits per heavy atom. The molecular formula is C11H10Br2N2O3S. The lowest BCUT2D eigenvalue weighted by molar-refractivity contribution is 0.377. The van der Waals surface area contributed by atoms with E-state index in [1.807, 2.05) is 0 Å². The number of nitrogens with zero attached hydrogens (tertiary/aromatic N) is 1. The van der Waals surface area contributed by atoms with Crippen molar-refractivity contribution in [3.8, 4) is 0 Å². The van der Waals surface area contributed by atoms with Gasteiger partial charge in [0.15, 0.2) is 5.76 Å². The van der Waals surface area contributed by atoms with E-state index in [2.05, 4.69) is 41.7 Å². The van der Waals surface area contributed by atoms with Gasteiger partial charge in [0.2, 0.25) is 10.0 Å². The number of benzene rings is 1. The molecule has 1 heterocycles. The molecule has 0 saturated heterocycles. The summed E-state index contributed by atoms with van der Waals surface area (Å²) in [6, 6.07) is 6.62. The molecule has 5 nitrogen and oxygen atoms in total. The SMILES string of the molecule is Cc1cc(CNS(=O)(=O)c2cc(Br)ccc2Br)on1. The summed E-state index contributed by atoms with van der Waals surface area (Å²) in [7, 11) is -3.62. The first-order valence-electron chi connectivity index (χ1n) is 5.25. The summed E-state index contributed by atoms with van der Waals surface area (Å²) >= 11 is 6.47. The summed E-state index contributed by atoms with van der Waals surface area (Å²) < 4.78 is 32.9. The van der Waals surface area contributed by atoms with Gasteiger partial charge in [-0.25, -0.2) is 13.1 Å². The largest absolute Gasteiger partial charge is 0.360 e. The number of sulfonamides is 1. The molecule has 8 heteroatoms. The zero-order chi connectivity index (χ0) is 14.0. The Morgan fingerprint density at radius 3 is 2.68 bits per heavy atom. The van der Waals surface area contributed by atoms with Gasteiger partial charge >= 0.3 is 0 Å². The minimum Gasteiger partial charge on any atom is -0.360 e. The van der Waals surface area contributed by atoms with Crippen molar-refractivity contribution in [2.24, 2.45) is 0 Å². The lowest BCUT2D eigenvalue weighted by atomic mass is 10.4. The zero-order valence-electron chi connectivity index (χ0n) is 9.85. The predicted octanol–water partition coefficient (Wildman–Crippen LogP) is 2.99. The molecule has 0 atom stereocenters. The standard InChI is InChI=1S/C11H10Br2N2O3S/c1-7-4-9(18-15-7)6-14-19(16,17)11-5-8(12)2-3-10(11)13/h2-5,14H,6H2,1H3. The van der Waals surface area contributed by atoms with E-state index in [1.165, 1.54) is 6.07 Å². The molecule has 0 bridgehead atoms. The van der Waals surface area contributed by atoms with Crippen molar-refractivity contribution in [3.05, 3.63) is 44.7 Å². The molecule has 0 saturated carbocycles. The van der Waals surface area contributed by atoms with Crippen LogP contribution in [0.5, 0.6) is 0 Å². The van der Waals surface area contributed by atoms with Gasteiger partial charge in [0.05, 0.1) is 17.1 Å². The second-order valence-electron chi connectivity index (χ2n) is 3.83. The van der Waals surface area contributed by atoms with Gasteiger partial charge in [0.25, 0.3) is 0 Å². The second kappa shape index (κ2) is 5.74. The number of aromatic nitrogens is 1. The maximum absolute atomic E-state index is 12.2. The minimum atomic E-state index is -3.62. The lowest BCUT2D eigenvalue weighted by Gasteiger charge is -2.07. The molecule has 102 valence electrons. The highest BCUT2D eigenvalue weighted by atomic mass is 79.9. The fourth-order valence-corrected chi connectivity index (χ4v) is 3.92. The van der Waals surface area contributed by atoms with E-state index in [0.717, 1.165) is 0 Å². The maximum Gasteiger partial charge on any atom is 0.242 e. The monoisotopic (exact) mass is 408 g/mol. The number of aryl methyl sites for hydroxylation is 1. The van der Waals surface area contributed by atoms with Gasteiger partial charge in [0, 0.05) is 15.0 Å². The Bertz CT molecular complexity index is 698. The highest BCUT2D eigenvalue weighted by Crippen LogP contribution is 2.25. The molecule has 2 rings (SSSR count). The van der Waals surface area contributed by atoms with Gasteiger partial charge in [-0.05, 0) is 41.1 Å². The first kappa shape index (κ1) is 14.7. The van der Waals surface area contributed by atoms with Crippen LogP contribution in [0.4, 0.5) is 0 Å². The van der Waals surface area contributed by atoms with Crippen LogP contribution >= 0.6 is 31.9 Å². The third kappa shape index (κ3) is 3.65. The smallest absolute Gasteiger partial charge is 0.242 e. The van der Waals surface area contributed by atoms with Gasteiger partial charge < -0.3 is 4.52 Å². The summed E-state index contributed by atoms with van der Waals surface area (Å²) in [5.74, 6) is 0.465. The topological polar surface area (TPSA) is 72.2 Å². The molecule has 0 unspecified atom stereocenters. The molecule has 2 aromatic rings. The lowest BCUT2D eigenvalue weighted by Crippen LogP contribution is -2.23. The number of nitrogens with one attached hydrogen (secondary N) is 1. The van der Waals surface area contributed by atoms with Gasteiger partial charge in [-0.1, -0.05) is 21.1 Å². The molecule has 1 N–H and O–H groups in total. The second-order valence-corrected chi connectivity index (χ2v) is 7.34. The van der Waals surface area contributed by atoms with Crippen LogP contribution in [0.2, 0.25) is 0 Å². The van der Waals surface area contributed by atoms with Crippen molar-refractivity contribution >= 4 is 41.9 Å². The van der Waals surface area contributed by atoms with Crippen LogP contribution < -0.4 is 4.72 Å². The fraction of sp³-hybridized carbons (Fsp3) is 0.182. The van der Waals surface area contributed by atoms with Crippen molar-refractivity contribution < 1.29 is 12.9 Å². The molecule has 0 spiro atoms. The average molecular weight is 410 g/mol. The highest BCUT2D eigenvalue weighted by Gasteiger charge is 2.18. The molecule has 19 heavy (non-hydrogen) atoms. The maximum atomic E-state index is 12.2. The molecule has 0 aliphatic carbocycles. The van der Waals surface area contributed by atoms with E-state index >= 15 is 0 Å². The zero-order valence-corrected chi connectivity index (χ0v) is 13.8. The molecule has 0 aliphatic heterocycles. The Morgan fingerprint density at radius 1 is 1.32 bits per heavy atom. The summed E-state index contributed by atoms with van der Waals surface area (Å²) in [6.07, 6.45) is 0. The third-order valence-electron chi connectivity index (χ3n) is 2.30. The predicted molar refractivity (Wildman–Crippen MR) is 77.1 cm³/mol. The number of hydrogen-bond acceptors (Lipinski definition) is 4. The van der Waals surface area contributed by atoms with Gasteiger partial charge in [-0.15, -0.1) is 0 Å². The van der Waals surface area contributed by atoms with Crippen LogP contribution in [0.15, 0.2) is 42.6 Å². The Kier molecular flexibility index (Phi) is 4.44. The summed E-state index contributed by atoms with van der Waals surface area (Å²) in [4.78, 5) is 0.165. The van der Waals surface area contributed by atoms with E-state index in [9.17, 15) is 8.42 Å². The van der Waals surface area contributed by atoms with Crippen LogP contribution in [0, 0.1) is 6.92 Å². The first-order chi connectivity index (χ1) is 8.88. The van der Waals surface area contributed by atoms with Gasteiger partial charge in [-0.3, -0.25) is 0 Å². The van der Waals surface area contributed by atoms with Crippen molar-refractivity contribution in [2.45, 2.75) is 18.4 Å². The number of rotatable bonds is 4. The number of halogens is 2. The third-order valence-corrected chi connectivity index (χ3v) is 5.18. The van der Waals surface area contributed by atoms with Crippen LogP contribution in [-0.2, 0) is 16.6 Å². The molecule has 0 amide bonds. The summed E-state index contributed by atoms with van der Waals surface area (Å²) in [5.41, 5.74) is 0.706. The fourth-order valence-electron chi connectivity index (χ4n) is 1.43. The molecule has 1 aromatic carbocycles. The molecule has 0 fully saturated rings. The van der Waals surface area contributed by atoms with E-state index in [4.69, 9.17) is 4.52 Å². The van der Waals surface area contributed by atoms with Crippen LogP contribution in [0.25, 0.3) is 0 Å². The Labute approximate surface area is 127 Å². The normalized spacial score (nSPS) is 11.7. The molecule has 0 aliphatic rings. The summed E-state index contributed by atoms with van der Waals surface area (Å²) in [5, 5.41) is 3.70. The van der Waals surface area contributed by atoms with Gasteiger partial charge in [-0.2, -0.15) is 0 Å². The summed E-state index contributed by atoms with van der Waals surface area (Å²) in [6.45, 7) is 1.83. The van der Waals surface area contributed by atoms with Gasteiger partial charge in [0.1, 0.15) is 0 Å².